The van der Waals surface area contributed by atoms with Crippen molar-refractivity contribution in [2.24, 2.45) is 9.98 Å². The molecular weight excluding hydrogens is 342 g/mol. The number of hydrogen-bond acceptors (Lipinski definition) is 5. The molecule has 2 aliphatic heterocycles. The van der Waals surface area contributed by atoms with Gasteiger partial charge < -0.3 is 19.1 Å². The Hall–Kier alpha value is -3.02. The Balaban J connectivity index is 1.69. The molecular formula is C21H23N3O3. The van der Waals surface area contributed by atoms with Gasteiger partial charge in [0.1, 0.15) is 18.1 Å². The molecule has 2 aromatic rings. The average molecular weight is 365 g/mol. The number of morpholine rings is 1. The fourth-order valence-corrected chi connectivity index (χ4v) is 3.40. The highest BCUT2D eigenvalue weighted by Crippen LogP contribution is 2.27. The summed E-state index contributed by atoms with van der Waals surface area (Å²) < 4.78 is 16.4. The van der Waals surface area contributed by atoms with Crippen molar-refractivity contribution in [2.45, 2.75) is 18.9 Å². The number of methoxy groups -OCH3 is 2. The van der Waals surface area contributed by atoms with Crippen LogP contribution in [0.5, 0.6) is 11.5 Å². The summed E-state index contributed by atoms with van der Waals surface area (Å²) in [6, 6.07) is 15.7. The lowest BCUT2D eigenvalue weighted by Crippen LogP contribution is -2.48. The first-order chi connectivity index (χ1) is 13.3. The topological polar surface area (TPSA) is 55.7 Å². The SMILES string of the molecule is COc1ccc(N=C2OC[C@@H]3CCCN3C2=Nc2ccc(OC)cc2)cc1. The maximum Gasteiger partial charge on any atom is 0.258 e. The van der Waals surface area contributed by atoms with Crippen molar-refractivity contribution in [3.05, 3.63) is 48.5 Å². The van der Waals surface area contributed by atoms with Gasteiger partial charge in [-0.3, -0.25) is 0 Å². The summed E-state index contributed by atoms with van der Waals surface area (Å²) in [5, 5.41) is 0. The lowest BCUT2D eigenvalue weighted by molar-refractivity contribution is 0.196. The molecule has 27 heavy (non-hydrogen) atoms. The predicted molar refractivity (Wildman–Crippen MR) is 106 cm³/mol. The van der Waals surface area contributed by atoms with Gasteiger partial charge in [-0.25, -0.2) is 9.98 Å². The van der Waals surface area contributed by atoms with E-state index in [1.54, 1.807) is 14.2 Å². The monoisotopic (exact) mass is 365 g/mol. The van der Waals surface area contributed by atoms with Crippen molar-refractivity contribution >= 4 is 23.1 Å². The number of benzene rings is 2. The fraction of sp³-hybridized carbons (Fsp3) is 0.333. The van der Waals surface area contributed by atoms with E-state index in [1.165, 1.54) is 0 Å². The van der Waals surface area contributed by atoms with Crippen LogP contribution in [-0.4, -0.2) is 50.0 Å². The third-order valence-corrected chi connectivity index (χ3v) is 4.86. The smallest absolute Gasteiger partial charge is 0.258 e. The van der Waals surface area contributed by atoms with Crippen LogP contribution in [0.3, 0.4) is 0 Å². The molecule has 140 valence electrons. The highest BCUT2D eigenvalue weighted by molar-refractivity contribution is 6.39. The van der Waals surface area contributed by atoms with Crippen LogP contribution in [0.25, 0.3) is 0 Å². The van der Waals surface area contributed by atoms with Crippen LogP contribution in [-0.2, 0) is 4.74 Å². The van der Waals surface area contributed by atoms with Gasteiger partial charge in [0.25, 0.3) is 5.90 Å². The molecule has 0 unspecified atom stereocenters. The van der Waals surface area contributed by atoms with E-state index < -0.39 is 0 Å². The van der Waals surface area contributed by atoms with Crippen LogP contribution in [0.15, 0.2) is 58.5 Å². The average Bonchev–Trinajstić information content (AvgIpc) is 3.20. The number of rotatable bonds is 4. The molecule has 6 nitrogen and oxygen atoms in total. The van der Waals surface area contributed by atoms with Gasteiger partial charge in [0, 0.05) is 6.54 Å². The van der Waals surface area contributed by atoms with Crippen LogP contribution in [0.2, 0.25) is 0 Å². The van der Waals surface area contributed by atoms with E-state index >= 15 is 0 Å². The van der Waals surface area contributed by atoms with E-state index in [9.17, 15) is 0 Å². The van der Waals surface area contributed by atoms with Crippen LogP contribution in [0.1, 0.15) is 12.8 Å². The Bertz CT molecular complexity index is 844. The van der Waals surface area contributed by atoms with Crippen molar-refractivity contribution in [3.63, 3.8) is 0 Å². The van der Waals surface area contributed by atoms with Crippen LogP contribution in [0.4, 0.5) is 11.4 Å². The second kappa shape index (κ2) is 7.70. The summed E-state index contributed by atoms with van der Waals surface area (Å²) >= 11 is 0. The van der Waals surface area contributed by atoms with E-state index in [2.05, 4.69) is 4.90 Å². The molecule has 0 spiro atoms. The zero-order valence-corrected chi connectivity index (χ0v) is 15.6. The van der Waals surface area contributed by atoms with Gasteiger partial charge in [0.2, 0.25) is 0 Å². The highest BCUT2D eigenvalue weighted by Gasteiger charge is 2.35. The largest absolute Gasteiger partial charge is 0.497 e. The first-order valence-electron chi connectivity index (χ1n) is 9.12. The standard InChI is InChI=1S/C21H23N3O3/c1-25-18-9-5-15(6-10-18)22-20-21(27-14-17-4-3-13-24(17)20)23-16-7-11-19(26-2)12-8-16/h5-12,17H,3-4,13-14H2,1-2H3/t17-/m0/s1. The van der Waals surface area contributed by atoms with Gasteiger partial charge in [-0.1, -0.05) is 0 Å². The van der Waals surface area contributed by atoms with Crippen molar-refractivity contribution in [2.75, 3.05) is 27.4 Å². The molecule has 1 atom stereocenters. The van der Waals surface area contributed by atoms with Crippen molar-refractivity contribution in [3.8, 4) is 11.5 Å². The molecule has 2 aliphatic rings. The second-order valence-electron chi connectivity index (χ2n) is 6.55. The highest BCUT2D eigenvalue weighted by atomic mass is 16.5. The molecule has 0 aromatic heterocycles. The maximum absolute atomic E-state index is 6.00. The number of amidine groups is 1. The zero-order valence-electron chi connectivity index (χ0n) is 15.6. The normalized spacial score (nSPS) is 21.9. The minimum absolute atomic E-state index is 0.372. The minimum Gasteiger partial charge on any atom is -0.497 e. The Morgan fingerprint density at radius 2 is 1.48 bits per heavy atom. The maximum atomic E-state index is 6.00. The molecule has 2 fully saturated rings. The molecule has 0 saturated carbocycles. The molecule has 0 radical (unpaired) electrons. The van der Waals surface area contributed by atoms with E-state index in [0.29, 0.717) is 18.5 Å². The minimum atomic E-state index is 0.372. The number of aliphatic imine (C=N–C) groups is 2. The molecule has 0 aliphatic carbocycles. The van der Waals surface area contributed by atoms with Crippen molar-refractivity contribution < 1.29 is 14.2 Å². The van der Waals surface area contributed by atoms with Gasteiger partial charge >= 0.3 is 0 Å². The quantitative estimate of drug-likeness (QED) is 0.823. The lowest BCUT2D eigenvalue weighted by Gasteiger charge is -2.33. The van der Waals surface area contributed by atoms with Crippen molar-refractivity contribution in [1.82, 2.24) is 4.90 Å². The molecule has 4 rings (SSSR count). The summed E-state index contributed by atoms with van der Waals surface area (Å²) in [7, 11) is 3.31. The first-order valence-corrected chi connectivity index (χ1v) is 9.12. The lowest BCUT2D eigenvalue weighted by atomic mass is 10.2. The molecule has 0 bridgehead atoms. The fourth-order valence-electron chi connectivity index (χ4n) is 3.40. The Kier molecular flexibility index (Phi) is 4.96. The Morgan fingerprint density at radius 3 is 2.07 bits per heavy atom. The summed E-state index contributed by atoms with van der Waals surface area (Å²) in [5.74, 6) is 2.97. The zero-order chi connectivity index (χ0) is 18.6. The summed E-state index contributed by atoms with van der Waals surface area (Å²) in [4.78, 5) is 11.9. The van der Waals surface area contributed by atoms with Crippen LogP contribution >= 0.6 is 0 Å². The molecule has 2 heterocycles. The van der Waals surface area contributed by atoms with Gasteiger partial charge in [0.15, 0.2) is 5.84 Å². The van der Waals surface area contributed by atoms with Crippen molar-refractivity contribution in [1.29, 1.82) is 0 Å². The van der Waals surface area contributed by atoms with E-state index in [0.717, 1.165) is 48.1 Å². The number of ether oxygens (including phenoxy) is 3. The molecule has 2 aromatic carbocycles. The number of nitrogens with zero attached hydrogens (tertiary/aromatic N) is 3. The third kappa shape index (κ3) is 3.74. The molecule has 6 heteroatoms. The Morgan fingerprint density at radius 1 is 0.889 bits per heavy atom. The summed E-state index contributed by atoms with van der Waals surface area (Å²) in [6.07, 6.45) is 2.27. The molecule has 0 N–H and O–H groups in total. The number of hydrogen-bond donors (Lipinski definition) is 0. The van der Waals surface area contributed by atoms with Gasteiger partial charge in [-0.2, -0.15) is 0 Å². The Labute approximate surface area is 159 Å². The second-order valence-corrected chi connectivity index (χ2v) is 6.55. The van der Waals surface area contributed by atoms with E-state index in [-0.39, 0.29) is 0 Å². The van der Waals surface area contributed by atoms with Gasteiger partial charge in [-0.05, 0) is 61.4 Å². The van der Waals surface area contributed by atoms with E-state index in [1.807, 2.05) is 48.5 Å². The van der Waals surface area contributed by atoms with E-state index in [4.69, 9.17) is 24.2 Å². The number of fused-ring (bicyclic) bond motifs is 1. The third-order valence-electron chi connectivity index (χ3n) is 4.86. The van der Waals surface area contributed by atoms with Crippen LogP contribution in [0, 0.1) is 0 Å². The predicted octanol–water partition coefficient (Wildman–Crippen LogP) is 3.96. The summed E-state index contributed by atoms with van der Waals surface area (Å²) in [5.41, 5.74) is 1.66. The summed E-state index contributed by atoms with van der Waals surface area (Å²) in [6.45, 7) is 1.63. The molecule has 0 amide bonds. The first kappa shape index (κ1) is 17.4. The molecule has 2 saturated heterocycles. The van der Waals surface area contributed by atoms with Gasteiger partial charge in [0.05, 0.1) is 31.6 Å². The van der Waals surface area contributed by atoms with Gasteiger partial charge in [-0.15, -0.1) is 0 Å². The van der Waals surface area contributed by atoms with Crippen LogP contribution < -0.4 is 9.47 Å².